The summed E-state index contributed by atoms with van der Waals surface area (Å²) < 4.78 is 65.6. The average molecular weight is 571 g/mol. The predicted molar refractivity (Wildman–Crippen MR) is 145 cm³/mol. The molecule has 6 nitrogen and oxygen atoms in total. The monoisotopic (exact) mass is 570 g/mol. The fourth-order valence-corrected chi connectivity index (χ4v) is 6.32. The molecule has 3 rings (SSSR count). The van der Waals surface area contributed by atoms with Crippen molar-refractivity contribution in [3.63, 3.8) is 0 Å². The van der Waals surface area contributed by atoms with E-state index in [9.17, 15) is 17.6 Å². The maximum Gasteiger partial charge on any atom is 0.325 e. The molecular formula is C28H37ClF2N2O4S. The molecule has 0 aliphatic carbocycles. The molecule has 1 saturated heterocycles. The number of carbonyl (C=O) groups excluding carboxylic acids is 1. The van der Waals surface area contributed by atoms with Crippen LogP contribution in [0.5, 0.6) is 0 Å². The largest absolute Gasteiger partial charge is 0.459 e. The molecule has 1 N–H and O–H groups in total. The van der Waals surface area contributed by atoms with E-state index < -0.39 is 50.1 Å². The lowest BCUT2D eigenvalue weighted by Crippen LogP contribution is -2.47. The van der Waals surface area contributed by atoms with Crippen LogP contribution in [0, 0.1) is 25.5 Å². The van der Waals surface area contributed by atoms with Crippen LogP contribution in [0.15, 0.2) is 29.2 Å². The third kappa shape index (κ3) is 7.11. The second-order valence-corrected chi connectivity index (χ2v) is 13.1. The van der Waals surface area contributed by atoms with Crippen LogP contribution < -0.4 is 4.72 Å². The summed E-state index contributed by atoms with van der Waals surface area (Å²) in [5.74, 6) is -3.39. The summed E-state index contributed by atoms with van der Waals surface area (Å²) in [4.78, 5) is 14.7. The number of hydrogen-bond donors (Lipinski definition) is 1. The standard InChI is InChI=1S/C28H37ClF2N2O4S/c1-17-10-12-22(30)24(18(17)2)19(3)26(27(34)37-28(4,5)6)32-38(35,36)23-13-11-21(29)20(25(23)31)16-33-14-8-7-9-15-33/h10-13,19,26,32H,7-9,14-16H2,1-6H3/t19?,26-/m0/s1. The Kier molecular flexibility index (Phi) is 9.61. The van der Waals surface area contributed by atoms with Gasteiger partial charge in [-0.15, -0.1) is 0 Å². The molecule has 0 aromatic heterocycles. The molecular weight excluding hydrogens is 534 g/mol. The molecule has 2 atom stereocenters. The average Bonchev–Trinajstić information content (AvgIpc) is 2.82. The van der Waals surface area contributed by atoms with E-state index in [4.69, 9.17) is 16.3 Å². The van der Waals surface area contributed by atoms with Gasteiger partial charge >= 0.3 is 5.97 Å². The van der Waals surface area contributed by atoms with Crippen molar-refractivity contribution >= 4 is 27.6 Å². The van der Waals surface area contributed by atoms with Crippen LogP contribution in [0.4, 0.5) is 8.78 Å². The number of ether oxygens (including phenoxy) is 1. The number of rotatable bonds is 8. The first-order valence-electron chi connectivity index (χ1n) is 12.8. The molecule has 1 heterocycles. The molecule has 1 fully saturated rings. The fraction of sp³-hybridized carbons (Fsp3) is 0.536. The van der Waals surface area contributed by atoms with Gasteiger partial charge in [0.1, 0.15) is 28.2 Å². The second-order valence-electron chi connectivity index (χ2n) is 11.0. The topological polar surface area (TPSA) is 75.7 Å². The molecule has 10 heteroatoms. The number of benzene rings is 2. The summed E-state index contributed by atoms with van der Waals surface area (Å²) in [7, 11) is -4.59. The van der Waals surface area contributed by atoms with Crippen molar-refractivity contribution in [2.45, 2.75) is 89.8 Å². The minimum Gasteiger partial charge on any atom is -0.459 e. The van der Waals surface area contributed by atoms with Crippen molar-refractivity contribution in [3.8, 4) is 0 Å². The molecule has 0 bridgehead atoms. The van der Waals surface area contributed by atoms with Crippen LogP contribution in [-0.4, -0.2) is 44.0 Å². The van der Waals surface area contributed by atoms with Crippen molar-refractivity contribution in [2.24, 2.45) is 0 Å². The number of piperidine rings is 1. The van der Waals surface area contributed by atoms with Gasteiger partial charge in [-0.05, 0) is 95.4 Å². The first-order chi connectivity index (χ1) is 17.6. The zero-order valence-electron chi connectivity index (χ0n) is 22.8. The molecule has 1 unspecified atom stereocenters. The summed E-state index contributed by atoms with van der Waals surface area (Å²) >= 11 is 6.28. The lowest BCUT2D eigenvalue weighted by Gasteiger charge is -2.29. The third-order valence-electron chi connectivity index (χ3n) is 6.90. The van der Waals surface area contributed by atoms with Crippen molar-refractivity contribution in [2.75, 3.05) is 13.1 Å². The van der Waals surface area contributed by atoms with Gasteiger partial charge in [0.25, 0.3) is 0 Å². The number of carbonyl (C=O) groups is 1. The van der Waals surface area contributed by atoms with Crippen LogP contribution >= 0.6 is 11.6 Å². The minimum absolute atomic E-state index is 0.0823. The maximum atomic E-state index is 15.7. The van der Waals surface area contributed by atoms with Gasteiger partial charge in [-0.1, -0.05) is 31.0 Å². The van der Waals surface area contributed by atoms with E-state index in [1.807, 2.05) is 4.90 Å². The zero-order chi connectivity index (χ0) is 28.4. The highest BCUT2D eigenvalue weighted by molar-refractivity contribution is 7.89. The highest BCUT2D eigenvalue weighted by Gasteiger charge is 2.37. The number of esters is 1. The molecule has 1 aliphatic heterocycles. The molecule has 2 aromatic carbocycles. The van der Waals surface area contributed by atoms with E-state index in [-0.39, 0.29) is 22.7 Å². The van der Waals surface area contributed by atoms with E-state index in [1.165, 1.54) is 12.1 Å². The molecule has 210 valence electrons. The van der Waals surface area contributed by atoms with E-state index in [0.717, 1.165) is 44.0 Å². The van der Waals surface area contributed by atoms with Crippen LogP contribution in [0.1, 0.15) is 75.1 Å². The van der Waals surface area contributed by atoms with E-state index >= 15 is 4.39 Å². The quantitative estimate of drug-likeness (QED) is 0.393. The van der Waals surface area contributed by atoms with E-state index in [2.05, 4.69) is 4.72 Å². The first-order valence-corrected chi connectivity index (χ1v) is 14.7. The van der Waals surface area contributed by atoms with Gasteiger partial charge in [-0.2, -0.15) is 4.72 Å². The van der Waals surface area contributed by atoms with Crippen molar-refractivity contribution < 1.29 is 26.7 Å². The Balaban J connectivity index is 2.03. The van der Waals surface area contributed by atoms with Crippen LogP contribution in [0.3, 0.4) is 0 Å². The lowest BCUT2D eigenvalue weighted by atomic mass is 9.88. The number of aryl methyl sites for hydroxylation is 1. The maximum absolute atomic E-state index is 15.7. The molecule has 1 aliphatic rings. The number of hydrogen-bond acceptors (Lipinski definition) is 5. The molecule has 0 spiro atoms. The number of nitrogens with zero attached hydrogens (tertiary/aromatic N) is 1. The SMILES string of the molecule is Cc1ccc(F)c(C(C)[C@H](NS(=O)(=O)c2ccc(Cl)c(CN3CCCCC3)c2F)C(=O)OC(C)(C)C)c1C. The second kappa shape index (κ2) is 12.0. The Labute approximate surface area is 229 Å². The first kappa shape index (κ1) is 30.5. The summed E-state index contributed by atoms with van der Waals surface area (Å²) in [5.41, 5.74) is 0.704. The molecule has 2 aromatic rings. The summed E-state index contributed by atoms with van der Waals surface area (Å²) in [6.07, 6.45) is 3.04. The van der Waals surface area contributed by atoms with Gasteiger partial charge in [0, 0.05) is 23.0 Å². The summed E-state index contributed by atoms with van der Waals surface area (Å²) in [6.45, 7) is 11.7. The predicted octanol–water partition coefficient (Wildman–Crippen LogP) is 6.01. The van der Waals surface area contributed by atoms with E-state index in [1.54, 1.807) is 47.6 Å². The Hall–Kier alpha value is -2.07. The van der Waals surface area contributed by atoms with Crippen LogP contribution in [0.25, 0.3) is 0 Å². The summed E-state index contributed by atoms with van der Waals surface area (Å²) in [5, 5.41) is 0.126. The van der Waals surface area contributed by atoms with E-state index in [0.29, 0.717) is 5.56 Å². The summed E-state index contributed by atoms with van der Waals surface area (Å²) in [6, 6.07) is 3.79. The van der Waals surface area contributed by atoms with Crippen molar-refractivity contribution in [1.29, 1.82) is 0 Å². The highest BCUT2D eigenvalue weighted by atomic mass is 35.5. The zero-order valence-corrected chi connectivity index (χ0v) is 24.4. The van der Waals surface area contributed by atoms with Crippen molar-refractivity contribution in [1.82, 2.24) is 9.62 Å². The number of likely N-dealkylation sites (tertiary alicyclic amines) is 1. The smallest absolute Gasteiger partial charge is 0.325 e. The van der Waals surface area contributed by atoms with Gasteiger partial charge in [0.05, 0.1) is 0 Å². The number of nitrogens with one attached hydrogen (secondary N) is 1. The Bertz CT molecular complexity index is 1290. The fourth-order valence-electron chi connectivity index (χ4n) is 4.75. The minimum atomic E-state index is -4.59. The Morgan fingerprint density at radius 1 is 1.11 bits per heavy atom. The lowest BCUT2D eigenvalue weighted by molar-refractivity contribution is -0.157. The van der Waals surface area contributed by atoms with Crippen molar-refractivity contribution in [3.05, 3.63) is 63.2 Å². The van der Waals surface area contributed by atoms with Crippen LogP contribution in [0.2, 0.25) is 5.02 Å². The van der Waals surface area contributed by atoms with Gasteiger partial charge in [0.15, 0.2) is 0 Å². The van der Waals surface area contributed by atoms with Crippen LogP contribution in [-0.2, 0) is 26.1 Å². The number of halogens is 3. The van der Waals surface area contributed by atoms with Gasteiger partial charge < -0.3 is 4.74 Å². The number of sulfonamides is 1. The van der Waals surface area contributed by atoms with Gasteiger partial charge in [-0.25, -0.2) is 17.2 Å². The Morgan fingerprint density at radius 2 is 1.74 bits per heavy atom. The third-order valence-corrected chi connectivity index (χ3v) is 8.71. The molecule has 0 radical (unpaired) electrons. The van der Waals surface area contributed by atoms with Gasteiger partial charge in [-0.3, -0.25) is 9.69 Å². The normalized spacial score (nSPS) is 16.8. The molecule has 0 amide bonds. The molecule has 38 heavy (non-hydrogen) atoms. The highest BCUT2D eigenvalue weighted by Crippen LogP contribution is 2.32. The van der Waals surface area contributed by atoms with Gasteiger partial charge in [0.2, 0.25) is 10.0 Å². The Morgan fingerprint density at radius 3 is 2.34 bits per heavy atom. The molecule has 0 saturated carbocycles.